The van der Waals surface area contributed by atoms with Gasteiger partial charge in [-0.3, -0.25) is 14.7 Å². The number of nitrogens with one attached hydrogen (secondary N) is 1. The van der Waals surface area contributed by atoms with Crippen LogP contribution < -0.4 is 10.1 Å². The Morgan fingerprint density at radius 2 is 1.96 bits per heavy atom. The van der Waals surface area contributed by atoms with E-state index in [1.807, 2.05) is 6.07 Å². The highest BCUT2D eigenvalue weighted by molar-refractivity contribution is 5.94. The lowest BCUT2D eigenvalue weighted by molar-refractivity contribution is 0.0936. The molecule has 1 fully saturated rings. The van der Waals surface area contributed by atoms with Crippen LogP contribution in [0.2, 0.25) is 0 Å². The van der Waals surface area contributed by atoms with Gasteiger partial charge in [0.15, 0.2) is 0 Å². The summed E-state index contributed by atoms with van der Waals surface area (Å²) in [5.74, 6) is 0.908. The van der Waals surface area contributed by atoms with Crippen molar-refractivity contribution < 1.29 is 9.53 Å². The molecule has 1 aliphatic rings. The first-order valence-corrected chi connectivity index (χ1v) is 9.10. The highest BCUT2D eigenvalue weighted by Gasteiger charge is 2.29. The fourth-order valence-corrected chi connectivity index (χ4v) is 3.72. The van der Waals surface area contributed by atoms with Crippen molar-refractivity contribution in [1.82, 2.24) is 15.2 Å². The molecule has 138 valence electrons. The Balaban J connectivity index is 1.65. The molecule has 0 aliphatic carbocycles. The van der Waals surface area contributed by atoms with Crippen LogP contribution in [0.4, 0.5) is 0 Å². The molecule has 1 saturated heterocycles. The fourth-order valence-electron chi connectivity index (χ4n) is 3.72. The molecule has 1 unspecified atom stereocenters. The van der Waals surface area contributed by atoms with Crippen LogP contribution >= 0.6 is 0 Å². The Labute approximate surface area is 155 Å². The number of aromatic nitrogens is 1. The summed E-state index contributed by atoms with van der Waals surface area (Å²) in [5, 5.41) is 3.15. The molecule has 2 atom stereocenters. The predicted molar refractivity (Wildman–Crippen MR) is 103 cm³/mol. The first-order valence-electron chi connectivity index (χ1n) is 9.10. The fraction of sp³-hybridized carbons (Fsp3) is 0.429. The van der Waals surface area contributed by atoms with E-state index in [9.17, 15) is 4.79 Å². The van der Waals surface area contributed by atoms with Crippen molar-refractivity contribution in [2.24, 2.45) is 0 Å². The summed E-state index contributed by atoms with van der Waals surface area (Å²) in [6, 6.07) is 8.18. The standard InChI is InChI=1S/C21H27N3O2/c1-14-15(2)20(26-4)6-5-19(14)16(3)24-12-9-18(13-24)23-21(25)17-7-10-22-11-8-17/h5-8,10-11,16,18H,9,12-13H2,1-4H3,(H,23,25)/t16?,18-/m1/s1. The SMILES string of the molecule is COc1ccc(C(C)N2CC[C@@H](NC(=O)c3ccncc3)C2)c(C)c1C. The zero-order valence-corrected chi connectivity index (χ0v) is 16.0. The van der Waals surface area contributed by atoms with Crippen LogP contribution in [0.1, 0.15) is 46.4 Å². The van der Waals surface area contributed by atoms with Gasteiger partial charge in [-0.2, -0.15) is 0 Å². The predicted octanol–water partition coefficient (Wildman–Crippen LogP) is 3.27. The van der Waals surface area contributed by atoms with Crippen molar-refractivity contribution in [3.8, 4) is 5.75 Å². The third-order valence-electron chi connectivity index (χ3n) is 5.49. The van der Waals surface area contributed by atoms with Gasteiger partial charge in [0, 0.05) is 43.1 Å². The maximum atomic E-state index is 12.3. The van der Waals surface area contributed by atoms with Gasteiger partial charge in [0.25, 0.3) is 5.91 Å². The summed E-state index contributed by atoms with van der Waals surface area (Å²) in [6.07, 6.45) is 4.26. The van der Waals surface area contributed by atoms with Gasteiger partial charge in [0.2, 0.25) is 0 Å². The van der Waals surface area contributed by atoms with Crippen molar-refractivity contribution in [3.05, 3.63) is 58.9 Å². The van der Waals surface area contributed by atoms with Crippen molar-refractivity contribution in [2.75, 3.05) is 20.2 Å². The number of amides is 1. The summed E-state index contributed by atoms with van der Waals surface area (Å²) in [4.78, 5) is 18.7. The van der Waals surface area contributed by atoms with E-state index in [1.54, 1.807) is 31.6 Å². The summed E-state index contributed by atoms with van der Waals surface area (Å²) in [7, 11) is 1.71. The van der Waals surface area contributed by atoms with Gasteiger partial charge in [0.05, 0.1) is 7.11 Å². The number of benzene rings is 1. The summed E-state index contributed by atoms with van der Waals surface area (Å²) in [6.45, 7) is 8.34. The molecule has 5 nitrogen and oxygen atoms in total. The molecule has 1 amide bonds. The summed E-state index contributed by atoms with van der Waals surface area (Å²) < 4.78 is 5.42. The van der Waals surface area contributed by atoms with Crippen LogP contribution in [0.5, 0.6) is 5.75 Å². The van der Waals surface area contributed by atoms with E-state index in [1.165, 1.54) is 16.7 Å². The third-order valence-corrected chi connectivity index (χ3v) is 5.49. The van der Waals surface area contributed by atoms with E-state index in [-0.39, 0.29) is 11.9 Å². The number of ether oxygens (including phenoxy) is 1. The molecule has 0 radical (unpaired) electrons. The molecule has 2 heterocycles. The van der Waals surface area contributed by atoms with Gasteiger partial charge in [0.1, 0.15) is 5.75 Å². The Morgan fingerprint density at radius 3 is 2.65 bits per heavy atom. The van der Waals surface area contributed by atoms with Gasteiger partial charge in [-0.15, -0.1) is 0 Å². The number of nitrogens with zero attached hydrogens (tertiary/aromatic N) is 2. The van der Waals surface area contributed by atoms with Gasteiger partial charge in [-0.05, 0) is 62.1 Å². The lowest BCUT2D eigenvalue weighted by atomic mass is 9.97. The highest BCUT2D eigenvalue weighted by Crippen LogP contribution is 2.32. The lowest BCUT2D eigenvalue weighted by Crippen LogP contribution is -2.37. The van der Waals surface area contributed by atoms with Crippen molar-refractivity contribution in [1.29, 1.82) is 0 Å². The average Bonchev–Trinajstić information content (AvgIpc) is 3.12. The van der Waals surface area contributed by atoms with Crippen LogP contribution in [-0.2, 0) is 0 Å². The summed E-state index contributed by atoms with van der Waals surface area (Å²) >= 11 is 0. The van der Waals surface area contributed by atoms with E-state index in [0.717, 1.165) is 25.3 Å². The minimum absolute atomic E-state index is 0.0247. The van der Waals surface area contributed by atoms with Gasteiger partial charge >= 0.3 is 0 Å². The number of hydrogen-bond acceptors (Lipinski definition) is 4. The number of carbonyl (C=O) groups is 1. The number of likely N-dealkylation sites (tertiary alicyclic amines) is 1. The second-order valence-corrected chi connectivity index (χ2v) is 6.97. The largest absolute Gasteiger partial charge is 0.496 e. The molecule has 2 aromatic rings. The topological polar surface area (TPSA) is 54.5 Å². The average molecular weight is 353 g/mol. The monoisotopic (exact) mass is 353 g/mol. The van der Waals surface area contributed by atoms with Crippen molar-refractivity contribution in [3.63, 3.8) is 0 Å². The molecule has 1 N–H and O–H groups in total. The minimum atomic E-state index is -0.0247. The maximum Gasteiger partial charge on any atom is 0.251 e. The molecule has 1 aromatic heterocycles. The van der Waals surface area contributed by atoms with E-state index < -0.39 is 0 Å². The number of hydrogen-bond donors (Lipinski definition) is 1. The van der Waals surface area contributed by atoms with E-state index in [0.29, 0.717) is 11.6 Å². The molecule has 1 aromatic carbocycles. The number of rotatable bonds is 5. The molecule has 1 aliphatic heterocycles. The molecular weight excluding hydrogens is 326 g/mol. The number of methoxy groups -OCH3 is 1. The van der Waals surface area contributed by atoms with Crippen LogP contribution in [0, 0.1) is 13.8 Å². The van der Waals surface area contributed by atoms with Gasteiger partial charge < -0.3 is 10.1 Å². The molecule has 3 rings (SSSR count). The third kappa shape index (κ3) is 3.73. The van der Waals surface area contributed by atoms with Crippen LogP contribution in [0.3, 0.4) is 0 Å². The van der Waals surface area contributed by atoms with Crippen molar-refractivity contribution in [2.45, 2.75) is 39.3 Å². The van der Waals surface area contributed by atoms with Gasteiger partial charge in [-0.25, -0.2) is 0 Å². The Kier molecular flexibility index (Phi) is 5.57. The molecule has 0 bridgehead atoms. The molecule has 0 spiro atoms. The Morgan fingerprint density at radius 1 is 1.23 bits per heavy atom. The lowest BCUT2D eigenvalue weighted by Gasteiger charge is -2.27. The second-order valence-electron chi connectivity index (χ2n) is 6.97. The zero-order valence-electron chi connectivity index (χ0n) is 16.0. The molecule has 0 saturated carbocycles. The van der Waals surface area contributed by atoms with E-state index in [4.69, 9.17) is 4.74 Å². The normalized spacial score (nSPS) is 18.5. The number of pyridine rings is 1. The van der Waals surface area contributed by atoms with E-state index >= 15 is 0 Å². The van der Waals surface area contributed by atoms with Crippen LogP contribution in [0.25, 0.3) is 0 Å². The maximum absolute atomic E-state index is 12.3. The van der Waals surface area contributed by atoms with Crippen molar-refractivity contribution >= 4 is 5.91 Å². The Bertz CT molecular complexity index is 776. The molecule has 26 heavy (non-hydrogen) atoms. The van der Waals surface area contributed by atoms with E-state index in [2.05, 4.69) is 42.0 Å². The minimum Gasteiger partial charge on any atom is -0.496 e. The zero-order chi connectivity index (χ0) is 18.7. The summed E-state index contributed by atoms with van der Waals surface area (Å²) in [5.41, 5.74) is 4.46. The first-order chi connectivity index (χ1) is 12.5. The molecular formula is C21H27N3O2. The first kappa shape index (κ1) is 18.4. The number of carbonyl (C=O) groups excluding carboxylic acids is 1. The Hall–Kier alpha value is -2.40. The van der Waals surface area contributed by atoms with Crippen LogP contribution in [0.15, 0.2) is 36.7 Å². The quantitative estimate of drug-likeness (QED) is 0.896. The van der Waals surface area contributed by atoms with Crippen LogP contribution in [-0.4, -0.2) is 42.0 Å². The second kappa shape index (κ2) is 7.87. The molecule has 5 heteroatoms. The van der Waals surface area contributed by atoms with Gasteiger partial charge in [-0.1, -0.05) is 6.07 Å². The smallest absolute Gasteiger partial charge is 0.251 e. The highest BCUT2D eigenvalue weighted by atomic mass is 16.5.